The number of hydrogen-bond donors (Lipinski definition) is 0. The summed E-state index contributed by atoms with van der Waals surface area (Å²) < 4.78 is 0. The maximum atomic E-state index is 5.59. The van der Waals surface area contributed by atoms with Crippen LogP contribution in [0.2, 0.25) is 0 Å². The van der Waals surface area contributed by atoms with E-state index in [1.807, 2.05) is 59.7 Å². The van der Waals surface area contributed by atoms with Crippen molar-refractivity contribution in [3.8, 4) is 11.1 Å². The number of aromatic nitrogens is 1. The molecule has 0 saturated carbocycles. The van der Waals surface area contributed by atoms with Crippen LogP contribution in [0.3, 0.4) is 0 Å². The van der Waals surface area contributed by atoms with Gasteiger partial charge in [-0.2, -0.15) is 0 Å². The van der Waals surface area contributed by atoms with Crippen molar-refractivity contribution < 1.29 is 4.84 Å². The fourth-order valence-electron chi connectivity index (χ4n) is 2.37. The molecule has 109 valence electrons. The van der Waals surface area contributed by atoms with Crippen molar-refractivity contribution in [3.63, 3.8) is 0 Å². The molecule has 22 heavy (non-hydrogen) atoms. The molecule has 3 heteroatoms. The molecule has 0 aliphatic carbocycles. The number of anilines is 1. The Morgan fingerprint density at radius 1 is 0.955 bits per heavy atom. The summed E-state index contributed by atoms with van der Waals surface area (Å²) in [5.41, 5.74) is 4.13. The Bertz CT molecular complexity index is 714. The second-order valence-corrected chi connectivity index (χ2v) is 4.89. The van der Waals surface area contributed by atoms with Crippen LogP contribution in [0.1, 0.15) is 5.56 Å². The Morgan fingerprint density at radius 2 is 1.64 bits per heavy atom. The predicted octanol–water partition coefficient (Wildman–Crippen LogP) is 4.12. The average Bonchev–Trinajstić information content (AvgIpc) is 2.61. The molecule has 0 fully saturated rings. The van der Waals surface area contributed by atoms with E-state index in [0.29, 0.717) is 6.54 Å². The lowest BCUT2D eigenvalue weighted by Gasteiger charge is -2.24. The van der Waals surface area contributed by atoms with Crippen molar-refractivity contribution >= 4 is 5.69 Å². The zero-order chi connectivity index (χ0) is 15.2. The molecule has 3 nitrogen and oxygen atoms in total. The second-order valence-electron chi connectivity index (χ2n) is 4.89. The molecule has 0 unspecified atom stereocenters. The third-order valence-corrected chi connectivity index (χ3v) is 3.46. The van der Waals surface area contributed by atoms with E-state index in [1.54, 1.807) is 13.3 Å². The number of hydroxylamine groups is 1. The molecule has 0 atom stereocenters. The molecule has 0 spiro atoms. The number of rotatable bonds is 5. The molecule has 0 amide bonds. The maximum Gasteiger partial charge on any atom is 0.0993 e. The van der Waals surface area contributed by atoms with Gasteiger partial charge in [0.15, 0.2) is 0 Å². The highest BCUT2D eigenvalue weighted by molar-refractivity contribution is 5.76. The molecular formula is C19H17N2O. The maximum absolute atomic E-state index is 5.59. The first kappa shape index (κ1) is 14.3. The van der Waals surface area contributed by atoms with Crippen molar-refractivity contribution in [2.45, 2.75) is 6.54 Å². The Hall–Kier alpha value is -2.65. The van der Waals surface area contributed by atoms with Crippen molar-refractivity contribution in [1.29, 1.82) is 0 Å². The second kappa shape index (κ2) is 6.87. The molecule has 0 saturated heterocycles. The van der Waals surface area contributed by atoms with E-state index in [-0.39, 0.29) is 0 Å². The van der Waals surface area contributed by atoms with E-state index in [0.717, 1.165) is 16.8 Å². The summed E-state index contributed by atoms with van der Waals surface area (Å²) >= 11 is 0. The van der Waals surface area contributed by atoms with E-state index in [2.05, 4.69) is 23.3 Å². The third kappa shape index (κ3) is 3.15. The molecule has 3 rings (SSSR count). The van der Waals surface area contributed by atoms with Gasteiger partial charge in [0.2, 0.25) is 0 Å². The van der Waals surface area contributed by atoms with Crippen LogP contribution in [0.5, 0.6) is 0 Å². The van der Waals surface area contributed by atoms with Gasteiger partial charge >= 0.3 is 0 Å². The molecule has 0 aliphatic heterocycles. The first-order valence-corrected chi connectivity index (χ1v) is 7.16. The minimum absolute atomic E-state index is 0.662. The van der Waals surface area contributed by atoms with E-state index in [4.69, 9.17) is 4.84 Å². The number of pyridine rings is 1. The summed E-state index contributed by atoms with van der Waals surface area (Å²) in [6.07, 6.45) is 4.82. The minimum atomic E-state index is 0.662. The lowest BCUT2D eigenvalue weighted by molar-refractivity contribution is 0.163. The number of nitrogens with zero attached hydrogens (tertiary/aromatic N) is 2. The van der Waals surface area contributed by atoms with Gasteiger partial charge in [-0.3, -0.25) is 9.82 Å². The van der Waals surface area contributed by atoms with Crippen LogP contribution in [0, 0.1) is 6.20 Å². The van der Waals surface area contributed by atoms with Crippen LogP contribution in [0.15, 0.2) is 72.9 Å². The highest BCUT2D eigenvalue weighted by Gasteiger charge is 2.13. The van der Waals surface area contributed by atoms with Gasteiger partial charge in [-0.15, -0.1) is 0 Å². The largest absolute Gasteiger partial charge is 0.276 e. The Morgan fingerprint density at radius 3 is 2.32 bits per heavy atom. The summed E-state index contributed by atoms with van der Waals surface area (Å²) in [5, 5.41) is 1.86. The molecule has 2 aromatic carbocycles. The Kier molecular flexibility index (Phi) is 4.47. The first-order valence-electron chi connectivity index (χ1n) is 7.16. The van der Waals surface area contributed by atoms with Crippen LogP contribution in [-0.2, 0) is 11.4 Å². The third-order valence-electron chi connectivity index (χ3n) is 3.46. The fraction of sp³-hybridized carbons (Fsp3) is 0.105. The fourth-order valence-corrected chi connectivity index (χ4v) is 2.37. The van der Waals surface area contributed by atoms with Gasteiger partial charge in [0, 0.05) is 11.8 Å². The molecular weight excluding hydrogens is 272 g/mol. The van der Waals surface area contributed by atoms with E-state index in [1.165, 1.54) is 5.56 Å². The molecule has 0 N–H and O–H groups in total. The molecule has 0 bridgehead atoms. The van der Waals surface area contributed by atoms with Gasteiger partial charge in [-0.1, -0.05) is 60.7 Å². The van der Waals surface area contributed by atoms with Gasteiger partial charge < -0.3 is 0 Å². The van der Waals surface area contributed by atoms with Gasteiger partial charge in [0.05, 0.1) is 25.5 Å². The summed E-state index contributed by atoms with van der Waals surface area (Å²) in [6, 6.07) is 22.3. The summed E-state index contributed by atoms with van der Waals surface area (Å²) in [5.74, 6) is 0. The molecule has 1 radical (unpaired) electrons. The standard InChI is InChI=1S/C19H17N2O/c1-22-21(15-16-8-4-2-5-9-16)19-12-13-20-14-18(19)17-10-6-3-7-11-17/h2-13H,15H2,1H3. The monoisotopic (exact) mass is 289 g/mol. The summed E-state index contributed by atoms with van der Waals surface area (Å²) in [6.45, 7) is 0.662. The van der Waals surface area contributed by atoms with E-state index in [9.17, 15) is 0 Å². The van der Waals surface area contributed by atoms with Crippen LogP contribution in [-0.4, -0.2) is 12.1 Å². The van der Waals surface area contributed by atoms with Crippen molar-refractivity contribution in [2.75, 3.05) is 12.2 Å². The summed E-state index contributed by atoms with van der Waals surface area (Å²) in [4.78, 5) is 9.73. The Labute approximate surface area is 130 Å². The van der Waals surface area contributed by atoms with Crippen LogP contribution < -0.4 is 5.06 Å². The number of benzene rings is 2. The zero-order valence-corrected chi connectivity index (χ0v) is 12.4. The van der Waals surface area contributed by atoms with Crippen LogP contribution >= 0.6 is 0 Å². The average molecular weight is 289 g/mol. The smallest absolute Gasteiger partial charge is 0.0993 e. The SMILES string of the molecule is CON(Cc1ccccc1)c1ccn[c]c1-c1ccccc1. The number of hydrogen-bond acceptors (Lipinski definition) is 3. The minimum Gasteiger partial charge on any atom is -0.276 e. The summed E-state index contributed by atoms with van der Waals surface area (Å²) in [7, 11) is 1.68. The molecule has 3 aromatic rings. The lowest BCUT2D eigenvalue weighted by Crippen LogP contribution is -2.21. The predicted molar refractivity (Wildman–Crippen MR) is 88.1 cm³/mol. The van der Waals surface area contributed by atoms with Crippen molar-refractivity contribution in [3.05, 3.63) is 84.7 Å². The van der Waals surface area contributed by atoms with Gasteiger partial charge in [-0.25, -0.2) is 5.06 Å². The quantitative estimate of drug-likeness (QED) is 0.661. The highest BCUT2D eigenvalue weighted by atomic mass is 16.7. The highest BCUT2D eigenvalue weighted by Crippen LogP contribution is 2.30. The van der Waals surface area contributed by atoms with Gasteiger partial charge in [0.25, 0.3) is 0 Å². The molecule has 1 heterocycles. The zero-order valence-electron chi connectivity index (χ0n) is 12.4. The van der Waals surface area contributed by atoms with E-state index >= 15 is 0 Å². The lowest BCUT2D eigenvalue weighted by atomic mass is 10.1. The normalized spacial score (nSPS) is 10.4. The molecule has 1 aromatic heterocycles. The Balaban J connectivity index is 1.96. The first-order chi connectivity index (χ1) is 10.9. The van der Waals surface area contributed by atoms with Crippen molar-refractivity contribution in [2.24, 2.45) is 0 Å². The molecule has 0 aliphatic rings. The van der Waals surface area contributed by atoms with E-state index < -0.39 is 0 Å². The van der Waals surface area contributed by atoms with Crippen molar-refractivity contribution in [1.82, 2.24) is 4.98 Å². The van der Waals surface area contributed by atoms with Gasteiger partial charge in [0.1, 0.15) is 0 Å². The van der Waals surface area contributed by atoms with Crippen LogP contribution in [0.25, 0.3) is 11.1 Å². The topological polar surface area (TPSA) is 25.4 Å². The van der Waals surface area contributed by atoms with Crippen LogP contribution in [0.4, 0.5) is 5.69 Å². The van der Waals surface area contributed by atoms with Gasteiger partial charge in [-0.05, 0) is 17.2 Å².